The van der Waals surface area contributed by atoms with Crippen LogP contribution in [0.15, 0.2) is 24.3 Å². The number of amides is 1. The Morgan fingerprint density at radius 3 is 2.56 bits per heavy atom. The summed E-state index contributed by atoms with van der Waals surface area (Å²) < 4.78 is 13.4. The molecule has 1 aromatic rings. The highest BCUT2D eigenvalue weighted by molar-refractivity contribution is 6.18. The van der Waals surface area contributed by atoms with E-state index in [9.17, 15) is 9.18 Å². The number of carbonyl (C=O) groups is 1. The summed E-state index contributed by atoms with van der Waals surface area (Å²) >= 11 is 5.62. The minimum atomic E-state index is -0.493. The largest absolute Gasteiger partial charge is 0.335 e. The number of hydrogen-bond acceptors (Lipinski definition) is 1. The average Bonchev–Trinajstić information content (AvgIpc) is 2.25. The summed E-state index contributed by atoms with van der Waals surface area (Å²) in [5.41, 5.74) is 0.0984. The summed E-state index contributed by atoms with van der Waals surface area (Å²) in [4.78, 5) is 13.6. The number of benzene rings is 1. The Morgan fingerprint density at radius 1 is 1.44 bits per heavy atom. The van der Waals surface area contributed by atoms with Gasteiger partial charge in [0.25, 0.3) is 5.91 Å². The van der Waals surface area contributed by atoms with Crippen LogP contribution < -0.4 is 0 Å². The van der Waals surface area contributed by atoms with Crippen LogP contribution in [-0.4, -0.2) is 29.3 Å². The zero-order valence-corrected chi connectivity index (χ0v) is 10.2. The molecule has 1 rings (SSSR count). The first-order valence-electron chi connectivity index (χ1n) is 5.19. The van der Waals surface area contributed by atoms with Crippen LogP contribution in [0.25, 0.3) is 0 Å². The summed E-state index contributed by atoms with van der Waals surface area (Å²) in [6, 6.07) is 5.99. The first-order chi connectivity index (χ1) is 7.57. The smallest absolute Gasteiger partial charge is 0.257 e. The van der Waals surface area contributed by atoms with E-state index in [1.807, 2.05) is 13.8 Å². The fourth-order valence-electron chi connectivity index (χ4n) is 1.47. The minimum absolute atomic E-state index is 0.00542. The Hall–Kier alpha value is -1.09. The van der Waals surface area contributed by atoms with Gasteiger partial charge in [-0.15, -0.1) is 11.6 Å². The average molecular weight is 244 g/mol. The molecule has 0 unspecified atom stereocenters. The van der Waals surface area contributed by atoms with Gasteiger partial charge in [0, 0.05) is 18.5 Å². The second-order valence-electron chi connectivity index (χ2n) is 3.76. The monoisotopic (exact) mass is 243 g/mol. The van der Waals surface area contributed by atoms with E-state index in [0.29, 0.717) is 12.4 Å². The molecular formula is C12H15ClFNO. The third kappa shape index (κ3) is 2.95. The third-order valence-electron chi connectivity index (χ3n) is 2.31. The summed E-state index contributed by atoms with van der Waals surface area (Å²) in [5, 5.41) is 0. The fourth-order valence-corrected chi connectivity index (χ4v) is 1.66. The van der Waals surface area contributed by atoms with Crippen LogP contribution >= 0.6 is 11.6 Å². The molecule has 0 aliphatic carbocycles. The van der Waals surface area contributed by atoms with E-state index < -0.39 is 5.82 Å². The molecule has 1 amide bonds. The summed E-state index contributed by atoms with van der Waals surface area (Å²) in [6.45, 7) is 4.18. The Kier molecular flexibility index (Phi) is 4.74. The molecule has 0 saturated carbocycles. The van der Waals surface area contributed by atoms with Gasteiger partial charge in [-0.2, -0.15) is 0 Å². The molecule has 0 atom stereocenters. The van der Waals surface area contributed by atoms with Crippen LogP contribution in [0.5, 0.6) is 0 Å². The quantitative estimate of drug-likeness (QED) is 0.745. The summed E-state index contributed by atoms with van der Waals surface area (Å²) in [6.07, 6.45) is 0. The van der Waals surface area contributed by atoms with Gasteiger partial charge < -0.3 is 4.90 Å². The van der Waals surface area contributed by atoms with Crippen LogP contribution in [0.3, 0.4) is 0 Å². The number of halogens is 2. The lowest BCUT2D eigenvalue weighted by Gasteiger charge is -2.26. The highest BCUT2D eigenvalue weighted by Gasteiger charge is 2.20. The molecule has 0 aromatic heterocycles. The fraction of sp³-hybridized carbons (Fsp3) is 0.417. The standard InChI is InChI=1S/C12H15ClFNO/c1-9(2)15(8-7-13)12(16)10-5-3-4-6-11(10)14/h3-6,9H,7-8H2,1-2H3. The number of rotatable bonds is 4. The summed E-state index contributed by atoms with van der Waals surface area (Å²) in [5.74, 6) is -0.459. The molecule has 0 aliphatic rings. The molecule has 0 saturated heterocycles. The lowest BCUT2D eigenvalue weighted by molar-refractivity contribution is 0.0713. The molecule has 0 aliphatic heterocycles. The Morgan fingerprint density at radius 2 is 2.06 bits per heavy atom. The Bertz CT molecular complexity index is 368. The Labute approximate surface area is 100 Å². The molecule has 4 heteroatoms. The lowest BCUT2D eigenvalue weighted by atomic mass is 10.1. The number of nitrogens with zero attached hydrogens (tertiary/aromatic N) is 1. The maximum absolute atomic E-state index is 13.4. The van der Waals surface area contributed by atoms with Gasteiger partial charge in [-0.25, -0.2) is 4.39 Å². The molecule has 0 heterocycles. The van der Waals surface area contributed by atoms with Crippen LogP contribution in [-0.2, 0) is 0 Å². The molecular weight excluding hydrogens is 229 g/mol. The first kappa shape index (κ1) is 13.0. The zero-order chi connectivity index (χ0) is 12.1. The van der Waals surface area contributed by atoms with E-state index in [0.717, 1.165) is 0 Å². The van der Waals surface area contributed by atoms with Crippen molar-refractivity contribution in [2.24, 2.45) is 0 Å². The van der Waals surface area contributed by atoms with Crippen molar-refractivity contribution in [3.8, 4) is 0 Å². The maximum Gasteiger partial charge on any atom is 0.257 e. The van der Waals surface area contributed by atoms with Crippen LogP contribution in [0, 0.1) is 5.82 Å². The molecule has 0 radical (unpaired) electrons. The van der Waals surface area contributed by atoms with Crippen molar-refractivity contribution < 1.29 is 9.18 Å². The van der Waals surface area contributed by atoms with Crippen molar-refractivity contribution in [2.45, 2.75) is 19.9 Å². The van der Waals surface area contributed by atoms with E-state index >= 15 is 0 Å². The number of alkyl halides is 1. The molecule has 88 valence electrons. The normalized spacial score (nSPS) is 10.6. The second kappa shape index (κ2) is 5.85. The van der Waals surface area contributed by atoms with E-state index in [1.54, 1.807) is 17.0 Å². The second-order valence-corrected chi connectivity index (χ2v) is 4.14. The van der Waals surface area contributed by atoms with Crippen molar-refractivity contribution in [3.05, 3.63) is 35.6 Å². The van der Waals surface area contributed by atoms with E-state index in [1.165, 1.54) is 12.1 Å². The van der Waals surface area contributed by atoms with E-state index in [2.05, 4.69) is 0 Å². The van der Waals surface area contributed by atoms with Crippen LogP contribution in [0.1, 0.15) is 24.2 Å². The topological polar surface area (TPSA) is 20.3 Å². The highest BCUT2D eigenvalue weighted by atomic mass is 35.5. The van der Waals surface area contributed by atoms with Gasteiger partial charge in [0.05, 0.1) is 5.56 Å². The summed E-state index contributed by atoms with van der Waals surface area (Å²) in [7, 11) is 0. The van der Waals surface area contributed by atoms with Crippen molar-refractivity contribution in [1.29, 1.82) is 0 Å². The maximum atomic E-state index is 13.4. The number of hydrogen-bond donors (Lipinski definition) is 0. The van der Waals surface area contributed by atoms with Gasteiger partial charge in [-0.1, -0.05) is 12.1 Å². The predicted molar refractivity (Wildman–Crippen MR) is 63.3 cm³/mol. The van der Waals surface area contributed by atoms with Gasteiger partial charge in [0.15, 0.2) is 0 Å². The van der Waals surface area contributed by atoms with Crippen molar-refractivity contribution >= 4 is 17.5 Å². The molecule has 0 N–H and O–H groups in total. The zero-order valence-electron chi connectivity index (χ0n) is 9.41. The predicted octanol–water partition coefficient (Wildman–Crippen LogP) is 2.92. The molecule has 1 aromatic carbocycles. The minimum Gasteiger partial charge on any atom is -0.335 e. The van der Waals surface area contributed by atoms with Crippen LogP contribution in [0.4, 0.5) is 4.39 Å². The number of carbonyl (C=O) groups excluding carboxylic acids is 1. The third-order valence-corrected chi connectivity index (χ3v) is 2.48. The first-order valence-corrected chi connectivity index (χ1v) is 5.72. The van der Waals surface area contributed by atoms with E-state index in [-0.39, 0.29) is 17.5 Å². The lowest BCUT2D eigenvalue weighted by Crippen LogP contribution is -2.38. The van der Waals surface area contributed by atoms with Crippen LogP contribution in [0.2, 0.25) is 0 Å². The van der Waals surface area contributed by atoms with Gasteiger partial charge in [-0.3, -0.25) is 4.79 Å². The van der Waals surface area contributed by atoms with Gasteiger partial charge in [0.1, 0.15) is 5.82 Å². The molecule has 2 nitrogen and oxygen atoms in total. The van der Waals surface area contributed by atoms with Crippen molar-refractivity contribution in [1.82, 2.24) is 4.90 Å². The van der Waals surface area contributed by atoms with Gasteiger partial charge in [-0.05, 0) is 26.0 Å². The Balaban J connectivity index is 2.95. The molecule has 16 heavy (non-hydrogen) atoms. The van der Waals surface area contributed by atoms with Crippen molar-refractivity contribution in [2.75, 3.05) is 12.4 Å². The van der Waals surface area contributed by atoms with Gasteiger partial charge in [0.2, 0.25) is 0 Å². The van der Waals surface area contributed by atoms with E-state index in [4.69, 9.17) is 11.6 Å². The molecule has 0 fully saturated rings. The SMILES string of the molecule is CC(C)N(CCCl)C(=O)c1ccccc1F. The molecule has 0 bridgehead atoms. The highest BCUT2D eigenvalue weighted by Crippen LogP contribution is 2.12. The van der Waals surface area contributed by atoms with Gasteiger partial charge >= 0.3 is 0 Å². The van der Waals surface area contributed by atoms with Crippen molar-refractivity contribution in [3.63, 3.8) is 0 Å². The molecule has 0 spiro atoms.